The van der Waals surface area contributed by atoms with E-state index in [9.17, 15) is 28.8 Å². The van der Waals surface area contributed by atoms with E-state index in [2.05, 4.69) is 16.0 Å². The van der Waals surface area contributed by atoms with Crippen molar-refractivity contribution in [1.82, 2.24) is 15.2 Å². The fourth-order valence-corrected chi connectivity index (χ4v) is 6.09. The predicted octanol–water partition coefficient (Wildman–Crippen LogP) is 1.78. The Bertz CT molecular complexity index is 1620. The Labute approximate surface area is 241 Å². The number of amides is 4. The standard InChI is InChI=1S/C30H33N5O7/c1-16-19-5-2-3-7-24(19)42-26(16)29(40)33-20(10-11-23(36)27(31)38)28(39)34-21-6-4-12-35(30(21)41)15-25(37)32-22-14-17-8-9-18(22)13-17/h2-7,12,17-18,20,22H,8-11,13-15H2,1H3,(H2,31,38)(H,32,37)(H,33,40)(H,34,39)/t17-,18+,20-,22+/m0/s1. The quantitative estimate of drug-likeness (QED) is 0.251. The second-order valence-electron chi connectivity index (χ2n) is 11.1. The van der Waals surface area contributed by atoms with Crippen molar-refractivity contribution in [2.75, 3.05) is 5.32 Å². The van der Waals surface area contributed by atoms with Gasteiger partial charge in [-0.3, -0.25) is 28.8 Å². The van der Waals surface area contributed by atoms with E-state index in [1.165, 1.54) is 29.3 Å². The third-order valence-electron chi connectivity index (χ3n) is 8.28. The van der Waals surface area contributed by atoms with Crippen molar-refractivity contribution >= 4 is 46.1 Å². The lowest BCUT2D eigenvalue weighted by Crippen LogP contribution is -2.45. The third-order valence-corrected chi connectivity index (χ3v) is 8.28. The van der Waals surface area contributed by atoms with Crippen LogP contribution < -0.4 is 27.2 Å². The number of nitrogens with zero attached hydrogens (tertiary/aromatic N) is 1. The summed E-state index contributed by atoms with van der Waals surface area (Å²) in [7, 11) is 0. The number of aryl methyl sites for hydroxylation is 1. The molecule has 2 aliphatic carbocycles. The summed E-state index contributed by atoms with van der Waals surface area (Å²) in [6.07, 6.45) is 5.18. The lowest BCUT2D eigenvalue weighted by molar-refractivity contribution is -0.136. The zero-order valence-corrected chi connectivity index (χ0v) is 23.2. The molecule has 3 aromatic rings. The van der Waals surface area contributed by atoms with Crippen molar-refractivity contribution in [2.24, 2.45) is 17.6 Å². The van der Waals surface area contributed by atoms with E-state index >= 15 is 0 Å². The van der Waals surface area contributed by atoms with Crippen LogP contribution in [0.5, 0.6) is 0 Å². The van der Waals surface area contributed by atoms with Crippen LogP contribution in [0, 0.1) is 18.8 Å². The van der Waals surface area contributed by atoms with Crippen LogP contribution in [-0.4, -0.2) is 46.1 Å². The zero-order chi connectivity index (χ0) is 30.0. The van der Waals surface area contributed by atoms with Crippen molar-refractivity contribution < 1.29 is 28.4 Å². The zero-order valence-electron chi connectivity index (χ0n) is 23.2. The van der Waals surface area contributed by atoms with E-state index in [1.807, 2.05) is 0 Å². The molecule has 2 aromatic heterocycles. The highest BCUT2D eigenvalue weighted by Crippen LogP contribution is 2.44. The number of carbonyl (C=O) groups is 5. The number of primary amides is 1. The molecule has 12 heteroatoms. The molecule has 1 aromatic carbocycles. The molecule has 0 spiro atoms. The number of rotatable bonds is 11. The fourth-order valence-electron chi connectivity index (χ4n) is 6.09. The van der Waals surface area contributed by atoms with Gasteiger partial charge in [-0.15, -0.1) is 0 Å². The van der Waals surface area contributed by atoms with Crippen LogP contribution in [0.2, 0.25) is 0 Å². The summed E-state index contributed by atoms with van der Waals surface area (Å²) in [5, 5.41) is 8.80. The monoisotopic (exact) mass is 575 g/mol. The van der Waals surface area contributed by atoms with Gasteiger partial charge in [0.05, 0.1) is 0 Å². The minimum absolute atomic E-state index is 0.0150. The lowest BCUT2D eigenvalue weighted by Gasteiger charge is -2.23. The summed E-state index contributed by atoms with van der Waals surface area (Å²) in [5.74, 6) is -2.74. The van der Waals surface area contributed by atoms with Crippen molar-refractivity contribution in [3.05, 3.63) is 64.3 Å². The van der Waals surface area contributed by atoms with E-state index < -0.39 is 41.5 Å². The number of aromatic nitrogens is 1. The molecule has 4 atom stereocenters. The van der Waals surface area contributed by atoms with Gasteiger partial charge in [0.2, 0.25) is 17.6 Å². The first-order valence-electron chi connectivity index (χ1n) is 14.0. The predicted molar refractivity (Wildman–Crippen MR) is 152 cm³/mol. The highest BCUT2D eigenvalue weighted by Gasteiger charge is 2.40. The van der Waals surface area contributed by atoms with Crippen LogP contribution in [0.1, 0.15) is 54.6 Å². The number of anilines is 1. The van der Waals surface area contributed by atoms with Gasteiger partial charge in [-0.05, 0) is 62.6 Å². The summed E-state index contributed by atoms with van der Waals surface area (Å²) in [4.78, 5) is 75.4. The van der Waals surface area contributed by atoms with Crippen LogP contribution in [0.25, 0.3) is 11.0 Å². The van der Waals surface area contributed by atoms with E-state index in [-0.39, 0.29) is 36.4 Å². The molecule has 220 valence electrons. The van der Waals surface area contributed by atoms with Gasteiger partial charge >= 0.3 is 0 Å². The number of nitrogens with one attached hydrogen (secondary N) is 3. The molecule has 0 radical (unpaired) electrons. The molecule has 42 heavy (non-hydrogen) atoms. The van der Waals surface area contributed by atoms with Crippen LogP contribution in [-0.2, 0) is 25.7 Å². The van der Waals surface area contributed by atoms with E-state index in [4.69, 9.17) is 10.2 Å². The number of para-hydroxylation sites is 1. The second-order valence-corrected chi connectivity index (χ2v) is 11.1. The fraction of sp³-hybridized carbons (Fsp3) is 0.400. The number of fused-ring (bicyclic) bond motifs is 3. The van der Waals surface area contributed by atoms with Gasteiger partial charge in [0.25, 0.3) is 17.4 Å². The number of Topliss-reactive ketones (excluding diaryl/α,β-unsaturated/α-hetero) is 1. The SMILES string of the molecule is Cc1c(C(=O)N[C@@H](CCC(=O)C(N)=O)C(=O)Nc2cccn(CC(=O)N[C@@H]3C[C@H]4CC[C@@H]3C4)c2=O)oc2ccccc12. The summed E-state index contributed by atoms with van der Waals surface area (Å²) >= 11 is 0. The molecular formula is C30H33N5O7. The van der Waals surface area contributed by atoms with Crippen molar-refractivity contribution in [1.29, 1.82) is 0 Å². The maximum Gasteiger partial charge on any atom is 0.287 e. The number of pyridine rings is 1. The van der Waals surface area contributed by atoms with E-state index in [1.54, 1.807) is 31.2 Å². The number of nitrogens with two attached hydrogens (primary N) is 1. The molecular weight excluding hydrogens is 542 g/mol. The van der Waals surface area contributed by atoms with E-state index in [0.29, 0.717) is 23.0 Å². The van der Waals surface area contributed by atoms with Crippen LogP contribution in [0.15, 0.2) is 51.8 Å². The molecule has 2 saturated carbocycles. The van der Waals surface area contributed by atoms with E-state index in [0.717, 1.165) is 24.6 Å². The first-order valence-corrected chi connectivity index (χ1v) is 14.0. The van der Waals surface area contributed by atoms with Crippen LogP contribution >= 0.6 is 0 Å². The number of furan rings is 1. The van der Waals surface area contributed by atoms with Gasteiger partial charge in [-0.2, -0.15) is 0 Å². The number of hydrogen-bond donors (Lipinski definition) is 4. The molecule has 2 fully saturated rings. The average Bonchev–Trinajstić information content (AvgIpc) is 3.67. The molecule has 2 heterocycles. The Morgan fingerprint density at radius 3 is 2.55 bits per heavy atom. The number of carbonyl (C=O) groups excluding carboxylic acids is 5. The molecule has 5 N–H and O–H groups in total. The average molecular weight is 576 g/mol. The molecule has 12 nitrogen and oxygen atoms in total. The molecule has 4 amide bonds. The number of hydrogen-bond acceptors (Lipinski definition) is 7. The summed E-state index contributed by atoms with van der Waals surface area (Å²) in [5.41, 5.74) is 5.37. The Morgan fingerprint density at radius 1 is 1.07 bits per heavy atom. The second kappa shape index (κ2) is 12.0. The van der Waals surface area contributed by atoms with Crippen molar-refractivity contribution in [3.63, 3.8) is 0 Å². The molecule has 2 aliphatic rings. The summed E-state index contributed by atoms with van der Waals surface area (Å²) in [6, 6.07) is 8.75. The third kappa shape index (κ3) is 6.12. The smallest absolute Gasteiger partial charge is 0.287 e. The van der Waals surface area contributed by atoms with Gasteiger partial charge in [-0.1, -0.05) is 24.6 Å². The molecule has 0 unspecified atom stereocenters. The Hall–Kier alpha value is -4.74. The molecule has 0 saturated heterocycles. The number of benzene rings is 1. The topological polar surface area (TPSA) is 183 Å². The molecule has 0 aliphatic heterocycles. The molecule has 2 bridgehead atoms. The van der Waals surface area contributed by atoms with Crippen molar-refractivity contribution in [2.45, 2.75) is 64.1 Å². The van der Waals surface area contributed by atoms with Crippen LogP contribution in [0.4, 0.5) is 5.69 Å². The highest BCUT2D eigenvalue weighted by molar-refractivity contribution is 6.35. The lowest BCUT2D eigenvalue weighted by atomic mass is 9.95. The first kappa shape index (κ1) is 28.8. The first-order chi connectivity index (χ1) is 20.1. The largest absolute Gasteiger partial charge is 0.451 e. The molecule has 5 rings (SSSR count). The minimum atomic E-state index is -1.32. The summed E-state index contributed by atoms with van der Waals surface area (Å²) < 4.78 is 6.88. The van der Waals surface area contributed by atoms with Crippen LogP contribution in [0.3, 0.4) is 0 Å². The van der Waals surface area contributed by atoms with Gasteiger partial charge in [0, 0.05) is 29.6 Å². The van der Waals surface area contributed by atoms with Gasteiger partial charge in [0.1, 0.15) is 23.9 Å². The van der Waals surface area contributed by atoms with Gasteiger partial charge < -0.3 is 30.7 Å². The Balaban J connectivity index is 1.29. The normalized spacial score (nSPS) is 19.8. The summed E-state index contributed by atoms with van der Waals surface area (Å²) in [6.45, 7) is 1.49. The van der Waals surface area contributed by atoms with Crippen molar-refractivity contribution in [3.8, 4) is 0 Å². The van der Waals surface area contributed by atoms with Gasteiger partial charge in [0.15, 0.2) is 5.76 Å². The van der Waals surface area contributed by atoms with Gasteiger partial charge in [-0.25, -0.2) is 0 Å². The Morgan fingerprint density at radius 2 is 1.86 bits per heavy atom. The maximum absolute atomic E-state index is 13.3. The highest BCUT2D eigenvalue weighted by atomic mass is 16.3. The maximum atomic E-state index is 13.3. The number of ketones is 1. The minimum Gasteiger partial charge on any atom is -0.451 e. The Kier molecular flexibility index (Phi) is 8.23.